The minimum Gasteiger partial charge on any atom is -0.423 e. The maximum absolute atomic E-state index is 12.4. The smallest absolute Gasteiger partial charge is 0.343 e. The molecule has 136 valence electrons. The first kappa shape index (κ1) is 18.0. The number of benzene rings is 4. The molecule has 0 N–H and O–H groups in total. The lowest BCUT2D eigenvalue weighted by Gasteiger charge is -2.12. The predicted octanol–water partition coefficient (Wildman–Crippen LogP) is 6.18. The average molecular weight is 386 g/mol. The van der Waals surface area contributed by atoms with Crippen LogP contribution in [0.3, 0.4) is 0 Å². The third kappa shape index (κ3) is 2.96. The van der Waals surface area contributed by atoms with E-state index in [0.29, 0.717) is 11.3 Å². The lowest BCUT2D eigenvalue weighted by Crippen LogP contribution is -2.08. The zero-order valence-electron chi connectivity index (χ0n) is 14.8. The summed E-state index contributed by atoms with van der Waals surface area (Å²) >= 11 is 0. The molecule has 0 saturated carbocycles. The van der Waals surface area contributed by atoms with Crippen LogP contribution < -0.4 is 4.74 Å². The van der Waals surface area contributed by atoms with Gasteiger partial charge >= 0.3 is 5.97 Å². The van der Waals surface area contributed by atoms with E-state index in [9.17, 15) is 4.79 Å². The van der Waals surface area contributed by atoms with Crippen LogP contribution in [0.1, 0.15) is 10.4 Å². The van der Waals surface area contributed by atoms with E-state index in [1.165, 1.54) is 16.2 Å². The van der Waals surface area contributed by atoms with Crippen molar-refractivity contribution in [2.75, 3.05) is 0 Å². The van der Waals surface area contributed by atoms with Crippen molar-refractivity contribution in [2.24, 2.45) is 0 Å². The Morgan fingerprint density at radius 3 is 1.71 bits per heavy atom. The first-order valence-corrected chi connectivity index (χ1v) is 8.77. The van der Waals surface area contributed by atoms with Gasteiger partial charge in [0.05, 0.1) is 5.56 Å². The second kappa shape index (κ2) is 7.29. The lowest BCUT2D eigenvalue weighted by atomic mass is 9.94. The zero-order valence-corrected chi connectivity index (χ0v) is 15.6. The summed E-state index contributed by atoms with van der Waals surface area (Å²) in [5.41, 5.74) is 0.480. The number of hydrogen-bond donors (Lipinski definition) is 0. The van der Waals surface area contributed by atoms with Gasteiger partial charge in [-0.1, -0.05) is 54.6 Å². The topological polar surface area (TPSA) is 39.2 Å². The number of fused-ring (bicyclic) bond motifs is 6. The van der Waals surface area contributed by atoms with Crippen molar-refractivity contribution in [1.29, 1.82) is 0 Å². The monoisotopic (exact) mass is 385 g/mol. The van der Waals surface area contributed by atoms with Gasteiger partial charge in [-0.15, -0.1) is 12.4 Å². The Labute approximate surface area is 168 Å². The Morgan fingerprint density at radius 1 is 0.643 bits per heavy atom. The molecule has 1 heterocycles. The van der Waals surface area contributed by atoms with Gasteiger partial charge in [-0.25, -0.2) is 4.79 Å². The molecule has 0 aliphatic heterocycles. The SMILES string of the molecule is Cl.O=C(Oc1ccc2c3ccccc3c3ccccc3c2c1)c1ccncc1. The van der Waals surface area contributed by atoms with Crippen LogP contribution in [0.15, 0.2) is 91.3 Å². The van der Waals surface area contributed by atoms with Gasteiger partial charge in [0.2, 0.25) is 0 Å². The average Bonchev–Trinajstić information content (AvgIpc) is 2.74. The molecule has 0 saturated heterocycles. The number of aromatic nitrogens is 1. The van der Waals surface area contributed by atoms with Crippen LogP contribution in [0.25, 0.3) is 32.3 Å². The van der Waals surface area contributed by atoms with E-state index in [1.54, 1.807) is 24.5 Å². The van der Waals surface area contributed by atoms with E-state index < -0.39 is 0 Å². The van der Waals surface area contributed by atoms with Crippen LogP contribution >= 0.6 is 12.4 Å². The van der Waals surface area contributed by atoms with E-state index in [1.807, 2.05) is 36.4 Å². The highest BCUT2D eigenvalue weighted by atomic mass is 35.5. The standard InChI is InChI=1S/C24H15NO2.ClH/c26-24(16-11-13-25-14-12-16)27-17-9-10-22-20-7-2-1-5-18(20)19-6-3-4-8-21(19)23(22)15-17;/h1-15H;1H. The third-order valence-electron chi connectivity index (χ3n) is 4.84. The molecule has 0 amide bonds. The van der Waals surface area contributed by atoms with Crippen LogP contribution in [-0.2, 0) is 0 Å². The number of pyridine rings is 1. The zero-order chi connectivity index (χ0) is 18.2. The van der Waals surface area contributed by atoms with Gasteiger partial charge in [0, 0.05) is 12.4 Å². The van der Waals surface area contributed by atoms with Crippen LogP contribution in [0, 0.1) is 0 Å². The van der Waals surface area contributed by atoms with E-state index >= 15 is 0 Å². The minimum atomic E-state index is -0.387. The summed E-state index contributed by atoms with van der Waals surface area (Å²) in [4.78, 5) is 16.3. The van der Waals surface area contributed by atoms with Gasteiger partial charge in [0.1, 0.15) is 5.75 Å². The maximum atomic E-state index is 12.4. The maximum Gasteiger partial charge on any atom is 0.343 e. The van der Waals surface area contributed by atoms with Gasteiger partial charge in [0.25, 0.3) is 0 Å². The molecule has 0 radical (unpaired) electrons. The molecule has 4 heteroatoms. The van der Waals surface area contributed by atoms with E-state index in [-0.39, 0.29) is 18.4 Å². The number of carbonyl (C=O) groups is 1. The minimum absolute atomic E-state index is 0. The highest BCUT2D eigenvalue weighted by Crippen LogP contribution is 2.36. The molecule has 5 aromatic rings. The lowest BCUT2D eigenvalue weighted by molar-refractivity contribution is 0.0735. The first-order chi connectivity index (χ1) is 13.3. The Morgan fingerprint density at radius 2 is 1.14 bits per heavy atom. The molecule has 0 spiro atoms. The first-order valence-electron chi connectivity index (χ1n) is 8.77. The van der Waals surface area contributed by atoms with E-state index in [4.69, 9.17) is 4.74 Å². The summed E-state index contributed by atoms with van der Waals surface area (Å²) in [6, 6.07) is 25.8. The molecule has 5 rings (SSSR count). The molecule has 28 heavy (non-hydrogen) atoms. The van der Waals surface area contributed by atoms with Crippen molar-refractivity contribution in [3.05, 3.63) is 96.8 Å². The van der Waals surface area contributed by atoms with Gasteiger partial charge < -0.3 is 4.74 Å². The molecule has 0 fully saturated rings. The van der Waals surface area contributed by atoms with Crippen LogP contribution in [-0.4, -0.2) is 11.0 Å². The number of ether oxygens (including phenoxy) is 1. The quantitative estimate of drug-likeness (QED) is 0.207. The number of esters is 1. The molecular weight excluding hydrogens is 370 g/mol. The number of hydrogen-bond acceptors (Lipinski definition) is 3. The Hall–Kier alpha value is -3.43. The van der Waals surface area contributed by atoms with Gasteiger partial charge in [0.15, 0.2) is 0 Å². The highest BCUT2D eigenvalue weighted by Gasteiger charge is 2.12. The summed E-state index contributed by atoms with van der Waals surface area (Å²) in [5.74, 6) is 0.145. The Bertz CT molecular complexity index is 1280. The molecule has 0 unspecified atom stereocenters. The van der Waals surface area contributed by atoms with Gasteiger partial charge in [-0.05, 0) is 56.6 Å². The number of halogens is 1. The molecule has 0 aliphatic rings. The normalized spacial score (nSPS) is 10.7. The fraction of sp³-hybridized carbons (Fsp3) is 0. The molecule has 4 aromatic carbocycles. The van der Waals surface area contributed by atoms with Crippen molar-refractivity contribution >= 4 is 50.7 Å². The largest absolute Gasteiger partial charge is 0.423 e. The fourth-order valence-electron chi connectivity index (χ4n) is 3.60. The number of nitrogens with zero attached hydrogens (tertiary/aromatic N) is 1. The van der Waals surface area contributed by atoms with Crippen LogP contribution in [0.4, 0.5) is 0 Å². The molecule has 1 aromatic heterocycles. The van der Waals surface area contributed by atoms with E-state index in [2.05, 4.69) is 35.3 Å². The molecular formula is C24H16ClNO2. The molecule has 0 bridgehead atoms. The Kier molecular flexibility index (Phi) is 4.68. The van der Waals surface area contributed by atoms with Gasteiger partial charge in [-0.2, -0.15) is 0 Å². The van der Waals surface area contributed by atoms with Crippen molar-refractivity contribution in [1.82, 2.24) is 4.98 Å². The van der Waals surface area contributed by atoms with E-state index in [0.717, 1.165) is 16.2 Å². The van der Waals surface area contributed by atoms with Gasteiger partial charge in [-0.3, -0.25) is 4.98 Å². The summed E-state index contributed by atoms with van der Waals surface area (Å²) in [5, 5.41) is 6.98. The van der Waals surface area contributed by atoms with Crippen molar-refractivity contribution in [2.45, 2.75) is 0 Å². The fourth-order valence-corrected chi connectivity index (χ4v) is 3.60. The third-order valence-corrected chi connectivity index (χ3v) is 4.84. The summed E-state index contributed by atoms with van der Waals surface area (Å²) < 4.78 is 5.60. The molecule has 0 atom stereocenters. The van der Waals surface area contributed by atoms with Crippen LogP contribution in [0.5, 0.6) is 5.75 Å². The van der Waals surface area contributed by atoms with Crippen molar-refractivity contribution in [3.8, 4) is 5.75 Å². The summed E-state index contributed by atoms with van der Waals surface area (Å²) in [6.07, 6.45) is 3.16. The summed E-state index contributed by atoms with van der Waals surface area (Å²) in [7, 11) is 0. The molecule has 0 aliphatic carbocycles. The second-order valence-electron chi connectivity index (χ2n) is 6.42. The Balaban J connectivity index is 0.00000192. The second-order valence-corrected chi connectivity index (χ2v) is 6.42. The van der Waals surface area contributed by atoms with Crippen LogP contribution in [0.2, 0.25) is 0 Å². The summed E-state index contributed by atoms with van der Waals surface area (Å²) in [6.45, 7) is 0. The number of carbonyl (C=O) groups excluding carboxylic acids is 1. The highest BCUT2D eigenvalue weighted by molar-refractivity contribution is 6.25. The van der Waals surface area contributed by atoms with Crippen molar-refractivity contribution < 1.29 is 9.53 Å². The van der Waals surface area contributed by atoms with Crippen molar-refractivity contribution in [3.63, 3.8) is 0 Å². The predicted molar refractivity (Wildman–Crippen MR) is 115 cm³/mol. The number of rotatable bonds is 2. The molecule has 3 nitrogen and oxygen atoms in total.